The molecule has 0 aliphatic heterocycles. The maximum atomic E-state index is 12.7. The Morgan fingerprint density at radius 1 is 0.913 bits per heavy atom. The molecule has 0 atom stereocenters. The monoisotopic (exact) mass is 335 g/mol. The van der Waals surface area contributed by atoms with E-state index in [4.69, 9.17) is 5.73 Å². The largest absolute Gasteiger partial charge is 0.433 e. The highest BCUT2D eigenvalue weighted by Gasteiger charge is 2.39. The van der Waals surface area contributed by atoms with E-state index in [2.05, 4.69) is 9.97 Å². The highest BCUT2D eigenvalue weighted by molar-refractivity contribution is 5.48. The van der Waals surface area contributed by atoms with Crippen molar-refractivity contribution in [3.63, 3.8) is 0 Å². The van der Waals surface area contributed by atoms with Crippen molar-refractivity contribution in [1.82, 2.24) is 9.97 Å². The molecule has 9 heteroatoms. The Morgan fingerprint density at radius 3 is 1.87 bits per heavy atom. The molecular formula is C14H11F6N3. The van der Waals surface area contributed by atoms with Crippen LogP contribution in [0.1, 0.15) is 28.3 Å². The number of alkyl halides is 6. The summed E-state index contributed by atoms with van der Waals surface area (Å²) in [4.78, 5) is 6.40. The summed E-state index contributed by atoms with van der Waals surface area (Å²) >= 11 is 0. The normalized spacial score (nSPS) is 12.5. The van der Waals surface area contributed by atoms with Gasteiger partial charge in [-0.1, -0.05) is 12.1 Å². The van der Waals surface area contributed by atoms with Gasteiger partial charge >= 0.3 is 12.4 Å². The van der Waals surface area contributed by atoms with Gasteiger partial charge in [0.25, 0.3) is 0 Å². The minimum Gasteiger partial charge on any atom is -0.399 e. The van der Waals surface area contributed by atoms with E-state index < -0.39 is 29.6 Å². The summed E-state index contributed by atoms with van der Waals surface area (Å²) in [6.45, 7) is 1.67. The number of benzene rings is 1. The van der Waals surface area contributed by atoms with Crippen molar-refractivity contribution in [3.8, 4) is 0 Å². The molecule has 2 rings (SSSR count). The Balaban J connectivity index is 2.46. The molecule has 0 amide bonds. The third-order valence-corrected chi connectivity index (χ3v) is 3.05. The maximum absolute atomic E-state index is 12.7. The molecule has 0 fully saturated rings. The van der Waals surface area contributed by atoms with E-state index >= 15 is 0 Å². The van der Waals surface area contributed by atoms with Gasteiger partial charge in [0.05, 0.1) is 0 Å². The van der Waals surface area contributed by atoms with Crippen molar-refractivity contribution in [2.45, 2.75) is 25.7 Å². The average molecular weight is 335 g/mol. The fourth-order valence-electron chi connectivity index (χ4n) is 1.90. The Labute approximate surface area is 127 Å². The van der Waals surface area contributed by atoms with Crippen molar-refractivity contribution >= 4 is 5.69 Å². The minimum atomic E-state index is -4.99. The topological polar surface area (TPSA) is 51.8 Å². The third-order valence-electron chi connectivity index (χ3n) is 3.05. The molecule has 2 N–H and O–H groups in total. The zero-order chi connectivity index (χ0) is 17.4. The summed E-state index contributed by atoms with van der Waals surface area (Å²) in [7, 11) is 0. The van der Waals surface area contributed by atoms with E-state index in [1.807, 2.05) is 0 Å². The van der Waals surface area contributed by atoms with Crippen molar-refractivity contribution < 1.29 is 26.3 Å². The summed E-state index contributed by atoms with van der Waals surface area (Å²) in [5.41, 5.74) is 3.96. The summed E-state index contributed by atoms with van der Waals surface area (Å²) in [5.74, 6) is -0.559. The average Bonchev–Trinajstić information content (AvgIpc) is 2.41. The van der Waals surface area contributed by atoms with E-state index in [9.17, 15) is 26.3 Å². The number of halogens is 6. The zero-order valence-electron chi connectivity index (χ0n) is 11.8. The van der Waals surface area contributed by atoms with Crippen LogP contribution in [0.5, 0.6) is 0 Å². The number of nitrogens with two attached hydrogens (primary N) is 1. The summed E-state index contributed by atoms with van der Waals surface area (Å²) in [6, 6.07) is 4.48. The fraction of sp³-hybridized carbons (Fsp3) is 0.286. The second-order valence-corrected chi connectivity index (χ2v) is 4.92. The van der Waals surface area contributed by atoms with Crippen LogP contribution < -0.4 is 5.73 Å². The number of anilines is 1. The van der Waals surface area contributed by atoms with Gasteiger partial charge in [-0.25, -0.2) is 9.97 Å². The molecule has 1 aromatic carbocycles. The highest BCUT2D eigenvalue weighted by Crippen LogP contribution is 2.33. The Bertz CT molecular complexity index is 689. The molecule has 0 bridgehead atoms. The standard InChI is InChI=1S/C14H11F6N3/c1-7-4-8(2-3-9(7)21)5-12-22-10(13(15,16)17)6-11(23-12)14(18,19)20/h2-4,6H,5,21H2,1H3. The van der Waals surface area contributed by atoms with Gasteiger partial charge in [0.2, 0.25) is 0 Å². The SMILES string of the molecule is Cc1cc(Cc2nc(C(F)(F)F)cc(C(F)(F)F)n2)ccc1N. The molecule has 0 unspecified atom stereocenters. The van der Waals surface area contributed by atoms with Gasteiger partial charge < -0.3 is 5.73 Å². The minimum absolute atomic E-state index is 0.0995. The van der Waals surface area contributed by atoms with Gasteiger partial charge in [-0.3, -0.25) is 0 Å². The highest BCUT2D eigenvalue weighted by atomic mass is 19.4. The Hall–Kier alpha value is -2.32. The zero-order valence-corrected chi connectivity index (χ0v) is 11.8. The molecule has 23 heavy (non-hydrogen) atoms. The second-order valence-electron chi connectivity index (χ2n) is 4.92. The number of rotatable bonds is 2. The van der Waals surface area contributed by atoms with Crippen LogP contribution in [0.3, 0.4) is 0 Å². The Morgan fingerprint density at radius 2 is 1.43 bits per heavy atom. The second kappa shape index (κ2) is 5.71. The van der Waals surface area contributed by atoms with Gasteiger partial charge in [0.1, 0.15) is 17.2 Å². The summed E-state index contributed by atoms with van der Waals surface area (Å²) in [5, 5.41) is 0. The number of nitrogen functional groups attached to an aromatic ring is 1. The fourth-order valence-corrected chi connectivity index (χ4v) is 1.90. The first-order chi connectivity index (χ1) is 10.5. The third kappa shape index (κ3) is 4.11. The lowest BCUT2D eigenvalue weighted by atomic mass is 10.1. The predicted molar refractivity (Wildman–Crippen MR) is 70.4 cm³/mol. The first-order valence-corrected chi connectivity index (χ1v) is 6.34. The summed E-state index contributed by atoms with van der Waals surface area (Å²) in [6.07, 6.45) is -10.3. The molecule has 0 radical (unpaired) electrons. The Kier molecular flexibility index (Phi) is 4.23. The molecule has 3 nitrogen and oxygen atoms in total. The van der Waals surface area contributed by atoms with Crippen LogP contribution in [0.15, 0.2) is 24.3 Å². The van der Waals surface area contributed by atoms with Gasteiger partial charge in [-0.05, 0) is 30.2 Å². The molecule has 1 aromatic heterocycles. The van der Waals surface area contributed by atoms with Gasteiger partial charge in [0.15, 0.2) is 0 Å². The van der Waals surface area contributed by atoms with Gasteiger partial charge in [-0.2, -0.15) is 26.3 Å². The van der Waals surface area contributed by atoms with Gasteiger partial charge in [-0.15, -0.1) is 0 Å². The summed E-state index contributed by atoms with van der Waals surface area (Å²) < 4.78 is 76.3. The first kappa shape index (κ1) is 17.0. The number of hydrogen-bond acceptors (Lipinski definition) is 3. The maximum Gasteiger partial charge on any atom is 0.433 e. The van der Waals surface area contributed by atoms with E-state index in [-0.39, 0.29) is 12.5 Å². The number of aryl methyl sites for hydroxylation is 1. The van der Waals surface area contributed by atoms with Gasteiger partial charge in [0, 0.05) is 12.1 Å². The molecule has 0 aliphatic carbocycles. The lowest BCUT2D eigenvalue weighted by molar-refractivity contribution is -0.147. The van der Waals surface area contributed by atoms with Crippen LogP contribution >= 0.6 is 0 Å². The van der Waals surface area contributed by atoms with E-state index in [1.165, 1.54) is 12.1 Å². The molecule has 0 spiro atoms. The smallest absolute Gasteiger partial charge is 0.399 e. The molecule has 0 saturated heterocycles. The van der Waals surface area contributed by atoms with E-state index in [0.29, 0.717) is 16.8 Å². The first-order valence-electron chi connectivity index (χ1n) is 6.34. The van der Waals surface area contributed by atoms with Crippen LogP contribution in [0.25, 0.3) is 0 Å². The lowest BCUT2D eigenvalue weighted by Gasteiger charge is -2.12. The van der Waals surface area contributed by atoms with Crippen LogP contribution in [-0.4, -0.2) is 9.97 Å². The van der Waals surface area contributed by atoms with Crippen molar-refractivity contribution in [2.75, 3.05) is 5.73 Å². The van der Waals surface area contributed by atoms with E-state index in [1.54, 1.807) is 13.0 Å². The predicted octanol–water partition coefficient (Wildman–Crippen LogP) is 4.00. The van der Waals surface area contributed by atoms with Crippen molar-refractivity contribution in [1.29, 1.82) is 0 Å². The number of hydrogen-bond donors (Lipinski definition) is 1. The molecule has 0 saturated carbocycles. The van der Waals surface area contributed by atoms with Crippen LogP contribution in [-0.2, 0) is 18.8 Å². The van der Waals surface area contributed by atoms with Crippen LogP contribution in [0.2, 0.25) is 0 Å². The number of aromatic nitrogens is 2. The molecular weight excluding hydrogens is 324 g/mol. The van der Waals surface area contributed by atoms with Crippen LogP contribution in [0, 0.1) is 6.92 Å². The molecule has 0 aliphatic rings. The molecule has 2 aromatic rings. The van der Waals surface area contributed by atoms with E-state index in [0.717, 1.165) is 0 Å². The number of nitrogens with zero attached hydrogens (tertiary/aromatic N) is 2. The lowest BCUT2D eigenvalue weighted by Crippen LogP contribution is -2.17. The molecule has 124 valence electrons. The quantitative estimate of drug-likeness (QED) is 0.667. The molecule has 1 heterocycles. The van der Waals surface area contributed by atoms with Crippen molar-refractivity contribution in [2.24, 2.45) is 0 Å². The van der Waals surface area contributed by atoms with Crippen LogP contribution in [0.4, 0.5) is 32.0 Å². The van der Waals surface area contributed by atoms with Crippen molar-refractivity contribution in [3.05, 3.63) is 52.6 Å².